The summed E-state index contributed by atoms with van der Waals surface area (Å²) in [5.41, 5.74) is 4.69. The Bertz CT molecular complexity index is 3370. The molecule has 49 heavy (non-hydrogen) atoms. The van der Waals surface area contributed by atoms with Gasteiger partial charge in [-0.2, -0.15) is 0 Å². The molecule has 2 heteroatoms. The first-order valence-corrected chi connectivity index (χ1v) is 15.7. The maximum absolute atomic E-state index is 8.85. The largest absolute Gasteiger partial charge is 0.296 e. The second kappa shape index (κ2) is 12.1. The summed E-state index contributed by atoms with van der Waals surface area (Å²) in [6.45, 7) is -3.05. The Morgan fingerprint density at radius 3 is 1.86 bits per heavy atom. The van der Waals surface area contributed by atoms with Gasteiger partial charge in [0.1, 0.15) is 5.82 Å². The van der Waals surface area contributed by atoms with Crippen LogP contribution in [0, 0.1) is 0 Å². The molecule has 232 valence electrons. The highest BCUT2D eigenvalue weighted by Gasteiger charge is 2.19. The third kappa shape index (κ3) is 5.01. The lowest BCUT2D eigenvalue weighted by Gasteiger charge is -2.20. The Hall–Kier alpha value is -6.25. The molecule has 0 spiro atoms. The van der Waals surface area contributed by atoms with Crippen molar-refractivity contribution in [1.29, 1.82) is 0 Å². The van der Waals surface area contributed by atoms with Gasteiger partial charge in [-0.3, -0.25) is 4.57 Å². The molecule has 0 aliphatic rings. The van der Waals surface area contributed by atoms with Crippen molar-refractivity contribution < 1.29 is 20.6 Å². The molecule has 0 amide bonds. The van der Waals surface area contributed by atoms with E-state index in [0.717, 1.165) is 16.3 Å². The van der Waals surface area contributed by atoms with E-state index in [4.69, 9.17) is 20.6 Å². The normalized spacial score (nSPS) is 16.4. The first-order chi connectivity index (χ1) is 30.3. The number of aromatic nitrogens is 2. The third-order valence-electron chi connectivity index (χ3n) is 8.82. The van der Waals surface area contributed by atoms with Crippen molar-refractivity contribution in [3.63, 3.8) is 0 Å². The minimum Gasteiger partial charge on any atom is -0.296 e. The number of nitrogens with zero attached hydrogens (tertiary/aromatic N) is 2. The molecule has 0 saturated heterocycles. The molecule has 2 nitrogen and oxygen atoms in total. The number of imidazole rings is 1. The minimum absolute atomic E-state index is 0.00789. The Morgan fingerprint density at radius 2 is 1.12 bits per heavy atom. The SMILES string of the molecule is [2H]c1c([2H])c([2H])c(-c2cccc(-c3c4ccccc4c(-c4cccc(-n5c(C([2H])([2H])C([2H])([2H])[2H])nc6ccccc65)c4)c4ccc(-c5c([2H])c([2H])c([2H])c([2H])c5[2H])cc34)c2)c([2H])c1[2H]. The summed E-state index contributed by atoms with van der Waals surface area (Å²) < 4.78 is 129. The fourth-order valence-electron chi connectivity index (χ4n) is 6.75. The van der Waals surface area contributed by atoms with Crippen molar-refractivity contribution in [3.05, 3.63) is 182 Å². The van der Waals surface area contributed by atoms with Gasteiger partial charge in [-0.15, -0.1) is 0 Å². The summed E-state index contributed by atoms with van der Waals surface area (Å²) in [7, 11) is 0. The number of hydrogen-bond donors (Lipinski definition) is 0. The number of para-hydroxylation sites is 2. The minimum atomic E-state index is -3.05. The number of aryl methyl sites for hydroxylation is 1. The molecule has 1 aromatic heterocycles. The Labute approximate surface area is 307 Å². The number of rotatable bonds is 6. The first-order valence-electron chi connectivity index (χ1n) is 23.2. The molecule has 0 radical (unpaired) electrons. The van der Waals surface area contributed by atoms with Crippen LogP contribution in [0.15, 0.2) is 176 Å². The zero-order chi connectivity index (χ0) is 45.7. The summed E-state index contributed by atoms with van der Waals surface area (Å²) in [5.74, 6) is -0.293. The highest BCUT2D eigenvalue weighted by atomic mass is 15.1. The summed E-state index contributed by atoms with van der Waals surface area (Å²) in [5, 5.41) is 2.75. The van der Waals surface area contributed by atoms with Crippen molar-refractivity contribution >= 4 is 32.6 Å². The summed E-state index contributed by atoms with van der Waals surface area (Å²) in [6, 6.07) is 29.5. The van der Waals surface area contributed by atoms with Crippen LogP contribution >= 0.6 is 0 Å². The standard InChI is InChI=1S/C47H34N2/c1-2-45-48-43-25-11-12-26-44(43)49(45)38-22-14-21-37(30-38)46-39-23-9-10-24-40(39)47(36-20-13-19-34(29-36)32-15-5-3-6-16-32)42-31-35(27-28-41(42)46)33-17-7-4-8-18-33/h3-31H,2H2,1H3/i1D3,2D2,3D,4D,5D,6D,7D,8D,15D,16D,17D,18D. The second-order valence-electron chi connectivity index (χ2n) is 11.6. The molecule has 0 fully saturated rings. The molecular formula is C47H34N2. The van der Waals surface area contributed by atoms with Gasteiger partial charge in [-0.05, 0) is 102 Å². The average molecular weight is 642 g/mol. The Kier molecular flexibility index (Phi) is 4.25. The highest BCUT2D eigenvalue weighted by molar-refractivity contribution is 6.22. The van der Waals surface area contributed by atoms with E-state index in [2.05, 4.69) is 4.98 Å². The van der Waals surface area contributed by atoms with Crippen molar-refractivity contribution in [2.45, 2.75) is 13.2 Å². The van der Waals surface area contributed by atoms with E-state index in [0.29, 0.717) is 55.3 Å². The van der Waals surface area contributed by atoms with Gasteiger partial charge < -0.3 is 0 Å². The van der Waals surface area contributed by atoms with Crippen LogP contribution in [0.2, 0.25) is 0 Å². The van der Waals surface area contributed by atoms with Crippen LogP contribution in [0.1, 0.15) is 33.2 Å². The maximum Gasteiger partial charge on any atom is 0.114 e. The molecule has 0 unspecified atom stereocenters. The topological polar surface area (TPSA) is 17.8 Å². The molecule has 0 aliphatic carbocycles. The lowest BCUT2D eigenvalue weighted by Crippen LogP contribution is -2.00. The van der Waals surface area contributed by atoms with Gasteiger partial charge in [-0.25, -0.2) is 4.98 Å². The van der Waals surface area contributed by atoms with Crippen molar-refractivity contribution in [2.24, 2.45) is 0 Å². The van der Waals surface area contributed by atoms with Crippen molar-refractivity contribution in [2.75, 3.05) is 0 Å². The lowest BCUT2D eigenvalue weighted by molar-refractivity contribution is 0.908. The van der Waals surface area contributed by atoms with Crippen LogP contribution < -0.4 is 0 Å². The van der Waals surface area contributed by atoms with Crippen molar-refractivity contribution in [3.8, 4) is 50.2 Å². The molecule has 0 aliphatic heterocycles. The summed E-state index contributed by atoms with van der Waals surface area (Å²) in [4.78, 5) is 4.50. The van der Waals surface area contributed by atoms with E-state index in [1.165, 1.54) is 4.57 Å². The van der Waals surface area contributed by atoms with Crippen LogP contribution in [0.5, 0.6) is 0 Å². The molecule has 0 bridgehead atoms. The van der Waals surface area contributed by atoms with Crippen LogP contribution in [0.25, 0.3) is 82.8 Å². The van der Waals surface area contributed by atoms with Gasteiger partial charge in [0, 0.05) is 18.9 Å². The lowest BCUT2D eigenvalue weighted by atomic mass is 9.84. The molecular weight excluding hydrogens is 593 g/mol. The van der Waals surface area contributed by atoms with Gasteiger partial charge in [0.2, 0.25) is 0 Å². The van der Waals surface area contributed by atoms with E-state index in [1.807, 2.05) is 48.5 Å². The first kappa shape index (κ1) is 17.2. The molecule has 0 saturated carbocycles. The van der Waals surface area contributed by atoms with E-state index in [1.54, 1.807) is 66.7 Å². The van der Waals surface area contributed by atoms with Crippen LogP contribution in [0.3, 0.4) is 0 Å². The van der Waals surface area contributed by atoms with Gasteiger partial charge in [0.15, 0.2) is 0 Å². The zero-order valence-electron chi connectivity index (χ0n) is 40.9. The Morgan fingerprint density at radius 1 is 0.531 bits per heavy atom. The smallest absolute Gasteiger partial charge is 0.114 e. The monoisotopic (exact) mass is 641 g/mol. The van der Waals surface area contributed by atoms with Crippen LogP contribution in [0.4, 0.5) is 0 Å². The second-order valence-corrected chi connectivity index (χ2v) is 11.6. The van der Waals surface area contributed by atoms with Gasteiger partial charge in [0.05, 0.1) is 24.7 Å². The molecule has 9 aromatic rings. The van der Waals surface area contributed by atoms with E-state index >= 15 is 0 Å². The number of fused-ring (bicyclic) bond motifs is 3. The highest BCUT2D eigenvalue weighted by Crippen LogP contribution is 2.45. The van der Waals surface area contributed by atoms with Crippen molar-refractivity contribution in [1.82, 2.24) is 9.55 Å². The Balaban J connectivity index is 1.38. The quantitative estimate of drug-likeness (QED) is 0.165. The summed E-state index contributed by atoms with van der Waals surface area (Å²) in [6.07, 6.45) is -2.84. The number of benzene rings is 8. The third-order valence-corrected chi connectivity index (χ3v) is 8.82. The average Bonchev–Trinajstić information content (AvgIpc) is 3.69. The van der Waals surface area contributed by atoms with E-state index < -0.39 is 49.5 Å². The fourth-order valence-corrected chi connectivity index (χ4v) is 6.75. The zero-order valence-corrected chi connectivity index (χ0v) is 25.9. The number of hydrogen-bond acceptors (Lipinski definition) is 1. The van der Waals surface area contributed by atoms with E-state index in [-0.39, 0.29) is 41.1 Å². The predicted molar refractivity (Wildman–Crippen MR) is 207 cm³/mol. The molecule has 0 atom stereocenters. The molecule has 9 rings (SSSR count). The maximum atomic E-state index is 8.85. The van der Waals surface area contributed by atoms with E-state index in [9.17, 15) is 0 Å². The fraction of sp³-hybridized carbons (Fsp3) is 0.0426. The van der Waals surface area contributed by atoms with Crippen LogP contribution in [-0.4, -0.2) is 9.55 Å². The summed E-state index contributed by atoms with van der Waals surface area (Å²) >= 11 is 0. The predicted octanol–water partition coefficient (Wildman–Crippen LogP) is 12.6. The molecule has 1 heterocycles. The van der Waals surface area contributed by atoms with Gasteiger partial charge in [-0.1, -0.05) is 146 Å². The van der Waals surface area contributed by atoms with Gasteiger partial charge in [0.25, 0.3) is 0 Å². The van der Waals surface area contributed by atoms with Crippen LogP contribution in [-0.2, 0) is 6.37 Å². The van der Waals surface area contributed by atoms with Gasteiger partial charge >= 0.3 is 0 Å². The molecule has 0 N–H and O–H groups in total. The molecule has 8 aromatic carbocycles.